The number of ether oxygens (including phenoxy) is 1. The summed E-state index contributed by atoms with van der Waals surface area (Å²) in [6, 6.07) is 15.9. The molecule has 0 radical (unpaired) electrons. The van der Waals surface area contributed by atoms with Crippen molar-refractivity contribution in [3.63, 3.8) is 0 Å². The van der Waals surface area contributed by atoms with Crippen molar-refractivity contribution in [2.45, 2.75) is 31.5 Å². The molecular weight excluding hydrogens is 372 g/mol. The molecule has 6 nitrogen and oxygen atoms in total. The molecule has 0 atom stereocenters. The van der Waals surface area contributed by atoms with Crippen LogP contribution in [-0.4, -0.2) is 34.0 Å². The van der Waals surface area contributed by atoms with E-state index in [1.165, 1.54) is 17.3 Å². The number of carbonyl (C=O) groups excluding carboxylic acids is 1. The average Bonchev–Trinajstić information content (AvgIpc) is 3.15. The predicted octanol–water partition coefficient (Wildman–Crippen LogP) is 3.56. The van der Waals surface area contributed by atoms with E-state index in [4.69, 9.17) is 4.74 Å². The molecule has 3 rings (SSSR count). The molecule has 28 heavy (non-hydrogen) atoms. The zero-order chi connectivity index (χ0) is 19.9. The van der Waals surface area contributed by atoms with Crippen molar-refractivity contribution < 1.29 is 9.53 Å². The Morgan fingerprint density at radius 2 is 1.82 bits per heavy atom. The van der Waals surface area contributed by atoms with Gasteiger partial charge in [0.05, 0.1) is 13.7 Å². The molecule has 0 saturated heterocycles. The topological polar surface area (TPSA) is 69.0 Å². The normalized spacial score (nSPS) is 10.7. The smallest absolute Gasteiger partial charge is 0.220 e. The fourth-order valence-corrected chi connectivity index (χ4v) is 3.33. The van der Waals surface area contributed by atoms with Crippen LogP contribution in [0.25, 0.3) is 5.69 Å². The zero-order valence-corrected chi connectivity index (χ0v) is 17.1. The maximum atomic E-state index is 12.3. The van der Waals surface area contributed by atoms with Gasteiger partial charge < -0.3 is 10.1 Å². The molecule has 3 aromatic rings. The highest BCUT2D eigenvalue weighted by Crippen LogP contribution is 2.22. The van der Waals surface area contributed by atoms with Crippen molar-refractivity contribution in [1.82, 2.24) is 20.1 Å². The second-order valence-electron chi connectivity index (χ2n) is 6.40. The van der Waals surface area contributed by atoms with Crippen molar-refractivity contribution in [2.75, 3.05) is 13.4 Å². The van der Waals surface area contributed by atoms with Crippen molar-refractivity contribution in [1.29, 1.82) is 0 Å². The predicted molar refractivity (Wildman–Crippen MR) is 111 cm³/mol. The van der Waals surface area contributed by atoms with E-state index in [9.17, 15) is 4.79 Å². The number of aromatic nitrogens is 3. The third-order valence-corrected chi connectivity index (χ3v) is 5.05. The van der Waals surface area contributed by atoms with E-state index < -0.39 is 0 Å². The zero-order valence-electron chi connectivity index (χ0n) is 16.3. The Morgan fingerprint density at radius 1 is 1.11 bits per heavy atom. The molecule has 0 aliphatic carbocycles. The summed E-state index contributed by atoms with van der Waals surface area (Å²) in [5.41, 5.74) is 3.31. The lowest BCUT2D eigenvalue weighted by molar-refractivity contribution is -0.121. The van der Waals surface area contributed by atoms with E-state index in [0.29, 0.717) is 25.2 Å². The largest absolute Gasteiger partial charge is 0.497 e. The number of amides is 1. The summed E-state index contributed by atoms with van der Waals surface area (Å²) in [5.74, 6) is 1.47. The molecule has 0 bridgehead atoms. The number of hydrogen-bond acceptors (Lipinski definition) is 5. The van der Waals surface area contributed by atoms with Crippen LogP contribution in [-0.2, 0) is 17.8 Å². The minimum atomic E-state index is -0.00411. The van der Waals surface area contributed by atoms with Gasteiger partial charge in [0.15, 0.2) is 11.0 Å². The SMILES string of the molecule is COc1ccc(-n2c(CNC(=O)CCc3ccc(C)cc3)nnc2SC)cc1. The van der Waals surface area contributed by atoms with Gasteiger partial charge in [-0.3, -0.25) is 9.36 Å². The molecule has 1 N–H and O–H groups in total. The number of methoxy groups -OCH3 is 1. The molecule has 1 aromatic heterocycles. The maximum absolute atomic E-state index is 12.3. The third kappa shape index (κ3) is 4.92. The molecule has 0 aliphatic rings. The first-order chi connectivity index (χ1) is 13.6. The summed E-state index contributed by atoms with van der Waals surface area (Å²) in [6.45, 7) is 2.38. The number of carbonyl (C=O) groups is 1. The summed E-state index contributed by atoms with van der Waals surface area (Å²) in [7, 11) is 1.64. The number of nitrogens with one attached hydrogen (secondary N) is 1. The quantitative estimate of drug-likeness (QED) is 0.590. The van der Waals surface area contributed by atoms with Crippen LogP contribution in [0.2, 0.25) is 0 Å². The van der Waals surface area contributed by atoms with Gasteiger partial charge >= 0.3 is 0 Å². The molecule has 0 fully saturated rings. The number of rotatable bonds is 8. The second-order valence-corrected chi connectivity index (χ2v) is 7.17. The molecule has 0 spiro atoms. The first-order valence-electron chi connectivity index (χ1n) is 9.05. The van der Waals surface area contributed by atoms with E-state index in [0.717, 1.165) is 22.2 Å². The van der Waals surface area contributed by atoms with Crippen LogP contribution in [0.4, 0.5) is 0 Å². The Morgan fingerprint density at radius 3 is 2.46 bits per heavy atom. The van der Waals surface area contributed by atoms with Crippen LogP contribution in [0.1, 0.15) is 23.4 Å². The van der Waals surface area contributed by atoms with Gasteiger partial charge in [0.25, 0.3) is 0 Å². The van der Waals surface area contributed by atoms with E-state index in [1.54, 1.807) is 7.11 Å². The summed E-state index contributed by atoms with van der Waals surface area (Å²) >= 11 is 1.51. The lowest BCUT2D eigenvalue weighted by Crippen LogP contribution is -2.24. The van der Waals surface area contributed by atoms with Crippen LogP contribution >= 0.6 is 11.8 Å². The van der Waals surface area contributed by atoms with Crippen molar-refractivity contribution in [2.24, 2.45) is 0 Å². The van der Waals surface area contributed by atoms with Crippen LogP contribution in [0.5, 0.6) is 5.75 Å². The van der Waals surface area contributed by atoms with Gasteiger partial charge in [-0.05, 0) is 49.4 Å². The highest BCUT2D eigenvalue weighted by molar-refractivity contribution is 7.98. The molecule has 0 unspecified atom stereocenters. The Kier molecular flexibility index (Phi) is 6.71. The van der Waals surface area contributed by atoms with Crippen LogP contribution in [0, 0.1) is 6.92 Å². The standard InChI is InChI=1S/C21H24N4O2S/c1-15-4-6-16(7-5-15)8-13-20(26)22-14-19-23-24-21(28-3)25(19)17-9-11-18(27-2)12-10-17/h4-7,9-12H,8,13-14H2,1-3H3,(H,22,26). The maximum Gasteiger partial charge on any atom is 0.220 e. The van der Waals surface area contributed by atoms with Crippen molar-refractivity contribution >= 4 is 17.7 Å². The van der Waals surface area contributed by atoms with E-state index >= 15 is 0 Å². The molecular formula is C21H24N4O2S. The van der Waals surface area contributed by atoms with Crippen LogP contribution < -0.4 is 10.1 Å². The van der Waals surface area contributed by atoms with E-state index in [1.807, 2.05) is 35.1 Å². The Hall–Kier alpha value is -2.80. The first kappa shape index (κ1) is 19.9. The van der Waals surface area contributed by atoms with Crippen molar-refractivity contribution in [3.05, 3.63) is 65.5 Å². The van der Waals surface area contributed by atoms with Gasteiger partial charge in [-0.25, -0.2) is 0 Å². The highest BCUT2D eigenvalue weighted by Gasteiger charge is 2.14. The average molecular weight is 397 g/mol. The number of thioether (sulfide) groups is 1. The molecule has 1 heterocycles. The molecule has 2 aromatic carbocycles. The highest BCUT2D eigenvalue weighted by atomic mass is 32.2. The lowest BCUT2D eigenvalue weighted by atomic mass is 10.1. The fraction of sp³-hybridized carbons (Fsp3) is 0.286. The molecule has 0 saturated carbocycles. The van der Waals surface area contributed by atoms with Crippen LogP contribution in [0.15, 0.2) is 53.7 Å². The Labute approximate surface area is 169 Å². The fourth-order valence-electron chi connectivity index (χ4n) is 2.82. The third-order valence-electron chi connectivity index (χ3n) is 4.42. The van der Waals surface area contributed by atoms with Gasteiger partial charge in [-0.2, -0.15) is 0 Å². The first-order valence-corrected chi connectivity index (χ1v) is 10.3. The number of aryl methyl sites for hydroxylation is 2. The molecule has 0 aliphatic heterocycles. The van der Waals surface area contributed by atoms with Gasteiger partial charge in [0.1, 0.15) is 5.75 Å². The Bertz CT molecular complexity index is 921. The second kappa shape index (κ2) is 9.41. The molecule has 1 amide bonds. The molecule has 146 valence electrons. The summed E-state index contributed by atoms with van der Waals surface area (Å²) in [4.78, 5) is 12.3. The Balaban J connectivity index is 1.64. The minimum absolute atomic E-state index is 0.00411. The van der Waals surface area contributed by atoms with Crippen LogP contribution in [0.3, 0.4) is 0 Å². The monoisotopic (exact) mass is 396 g/mol. The number of benzene rings is 2. The van der Waals surface area contributed by atoms with Gasteiger partial charge in [0, 0.05) is 12.1 Å². The van der Waals surface area contributed by atoms with Gasteiger partial charge in [0.2, 0.25) is 5.91 Å². The van der Waals surface area contributed by atoms with Gasteiger partial charge in [-0.1, -0.05) is 41.6 Å². The van der Waals surface area contributed by atoms with E-state index in [-0.39, 0.29) is 5.91 Å². The number of nitrogens with zero attached hydrogens (tertiary/aromatic N) is 3. The summed E-state index contributed by atoms with van der Waals surface area (Å²) in [5, 5.41) is 12.2. The summed E-state index contributed by atoms with van der Waals surface area (Å²) < 4.78 is 7.17. The van der Waals surface area contributed by atoms with Crippen molar-refractivity contribution in [3.8, 4) is 11.4 Å². The minimum Gasteiger partial charge on any atom is -0.497 e. The molecule has 7 heteroatoms. The lowest BCUT2D eigenvalue weighted by Gasteiger charge is -2.11. The number of hydrogen-bond donors (Lipinski definition) is 1. The summed E-state index contributed by atoms with van der Waals surface area (Å²) in [6.07, 6.45) is 3.11. The van der Waals surface area contributed by atoms with Gasteiger partial charge in [-0.15, -0.1) is 10.2 Å². The van der Waals surface area contributed by atoms with E-state index in [2.05, 4.69) is 46.7 Å².